The Labute approximate surface area is 503 Å². The van der Waals surface area contributed by atoms with Crippen molar-refractivity contribution in [1.82, 2.24) is 0 Å². The van der Waals surface area contributed by atoms with Gasteiger partial charge in [0.05, 0.1) is 12.2 Å². The molecule has 13 nitrogen and oxygen atoms in total. The van der Waals surface area contributed by atoms with E-state index in [2.05, 4.69) is 6.92 Å². The van der Waals surface area contributed by atoms with Crippen molar-refractivity contribution < 1.29 is 101 Å². The summed E-state index contributed by atoms with van der Waals surface area (Å²) >= 11 is 0. The lowest BCUT2D eigenvalue weighted by Crippen LogP contribution is -2.53. The lowest BCUT2D eigenvalue weighted by molar-refractivity contribution is -0.281. The van der Waals surface area contributed by atoms with Gasteiger partial charge in [0, 0.05) is 62.9 Å². The Morgan fingerprint density at radius 2 is 0.851 bits per heavy atom. The number of methoxy groups -OCH3 is 3. The lowest BCUT2D eigenvalue weighted by atomic mass is 9.92. The van der Waals surface area contributed by atoms with E-state index in [-0.39, 0.29) is 69.1 Å². The van der Waals surface area contributed by atoms with Crippen molar-refractivity contribution in [1.29, 1.82) is 0 Å². The molecule has 3 aromatic rings. The minimum Gasteiger partial charge on any atom is -0.459 e. The van der Waals surface area contributed by atoms with Crippen LogP contribution >= 0.6 is 0 Å². The molecule has 87 heavy (non-hydrogen) atoms. The molecule has 3 aromatic carbocycles. The van der Waals surface area contributed by atoms with E-state index >= 15 is 26.3 Å². The quantitative estimate of drug-likeness (QED) is 0.0231. The molecule has 0 aromatic heterocycles. The summed E-state index contributed by atoms with van der Waals surface area (Å²) in [4.78, 5) is 67.7. The number of unbranched alkanes of at least 4 members (excludes halogenated alkanes) is 13. The maximum absolute atomic E-state index is 15.2. The molecule has 0 unspecified atom stereocenters. The second kappa shape index (κ2) is 33.7. The third-order valence-electron chi connectivity index (χ3n) is 16.2. The van der Waals surface area contributed by atoms with Crippen LogP contribution in [0.2, 0.25) is 0 Å². The van der Waals surface area contributed by atoms with E-state index < -0.39 is 113 Å². The molecule has 22 heteroatoms. The fourth-order valence-electron chi connectivity index (χ4n) is 11.4. The number of hydrogen-bond donors (Lipinski definition) is 0. The normalized spacial score (nSPS) is 19.6. The summed E-state index contributed by atoms with van der Waals surface area (Å²) in [6.45, 7) is 3.70. The second-order valence-corrected chi connectivity index (χ2v) is 22.3. The first-order chi connectivity index (χ1) is 41.4. The molecule has 0 saturated carbocycles. The zero-order valence-electron chi connectivity index (χ0n) is 50.2. The van der Waals surface area contributed by atoms with E-state index in [0.717, 1.165) is 102 Å². The van der Waals surface area contributed by atoms with Gasteiger partial charge in [-0.05, 0) is 64.4 Å². The fourth-order valence-corrected chi connectivity index (χ4v) is 11.4. The van der Waals surface area contributed by atoms with E-state index in [1.165, 1.54) is 60.7 Å². The molecule has 0 bridgehead atoms. The summed E-state index contributed by atoms with van der Waals surface area (Å²) in [6, 6.07) is 18.6. The minimum absolute atomic E-state index is 0.00919. The first-order valence-corrected chi connectivity index (χ1v) is 30.1. The summed E-state index contributed by atoms with van der Waals surface area (Å²) in [5, 5.41) is 0. The van der Waals surface area contributed by atoms with Gasteiger partial charge in [0.2, 0.25) is 0 Å². The van der Waals surface area contributed by atoms with Crippen LogP contribution in [0.15, 0.2) is 103 Å². The Hall–Kier alpha value is -5.84. The molecular weight excluding hydrogens is 1160 g/mol. The topological polar surface area (TPSA) is 159 Å². The number of carbonyl (C=O) groups is 5. The molecule has 2 aliphatic heterocycles. The highest BCUT2D eigenvalue weighted by Crippen LogP contribution is 2.47. The van der Waals surface area contributed by atoms with Crippen molar-refractivity contribution in [2.45, 2.75) is 233 Å². The van der Waals surface area contributed by atoms with Crippen LogP contribution in [0.3, 0.4) is 0 Å². The van der Waals surface area contributed by atoms with E-state index in [1.54, 1.807) is 6.92 Å². The molecular formula is C65H83F9O13. The summed E-state index contributed by atoms with van der Waals surface area (Å²) < 4.78 is 179. The first kappa shape index (κ1) is 71.9. The van der Waals surface area contributed by atoms with Crippen LogP contribution in [0.4, 0.5) is 39.5 Å². The molecule has 1 fully saturated rings. The fraction of sp³-hybridized carbons (Fsp3) is 0.615. The van der Waals surface area contributed by atoms with Crippen molar-refractivity contribution >= 4 is 29.7 Å². The number of rotatable bonds is 38. The highest BCUT2D eigenvalue weighted by atomic mass is 19.4. The van der Waals surface area contributed by atoms with Gasteiger partial charge in [-0.15, -0.1) is 0 Å². The molecule has 2 heterocycles. The third kappa shape index (κ3) is 18.6. The average molecular weight is 1240 g/mol. The Bertz CT molecular complexity index is 2640. The van der Waals surface area contributed by atoms with Crippen LogP contribution in [0.1, 0.15) is 178 Å². The monoisotopic (exact) mass is 1240 g/mol. The average Bonchev–Trinajstić information content (AvgIpc) is 1.30. The maximum Gasteiger partial charge on any atom is 0.432 e. The molecule has 0 amide bonds. The zero-order valence-corrected chi connectivity index (χ0v) is 50.2. The number of hydrogen-bond acceptors (Lipinski definition) is 13. The number of benzene rings is 3. The Kier molecular flexibility index (Phi) is 27.8. The van der Waals surface area contributed by atoms with Gasteiger partial charge in [-0.25, -0.2) is 19.2 Å². The summed E-state index contributed by atoms with van der Waals surface area (Å²) in [6.07, 6.45) is -10.7. The molecule has 0 radical (unpaired) electrons. The number of Topliss-reactive ketones (excluding diaryl/α,β-unsaturated/α-hetero) is 1. The highest BCUT2D eigenvalue weighted by molar-refractivity contribution is 5.91. The number of carbonyl (C=O) groups excluding carboxylic acids is 5. The van der Waals surface area contributed by atoms with Crippen molar-refractivity contribution in [3.05, 3.63) is 119 Å². The Morgan fingerprint density at radius 3 is 1.20 bits per heavy atom. The molecule has 2 aliphatic rings. The van der Waals surface area contributed by atoms with E-state index in [4.69, 9.17) is 37.9 Å². The van der Waals surface area contributed by atoms with Gasteiger partial charge in [-0.3, -0.25) is 4.79 Å². The summed E-state index contributed by atoms with van der Waals surface area (Å²) in [5.41, 5.74) is -12.2. The first-order valence-electron chi connectivity index (χ1n) is 30.1. The predicted octanol–water partition coefficient (Wildman–Crippen LogP) is 15.2. The van der Waals surface area contributed by atoms with Gasteiger partial charge in [0.1, 0.15) is 30.2 Å². The molecule has 0 aliphatic carbocycles. The molecule has 0 N–H and O–H groups in total. The molecule has 5 rings (SSSR count). The van der Waals surface area contributed by atoms with Crippen LogP contribution in [0.5, 0.6) is 0 Å². The largest absolute Gasteiger partial charge is 0.459 e. The number of esters is 4. The van der Waals surface area contributed by atoms with E-state index in [1.807, 2.05) is 0 Å². The van der Waals surface area contributed by atoms with E-state index in [0.29, 0.717) is 45.6 Å². The van der Waals surface area contributed by atoms with Crippen LogP contribution in [0.25, 0.3) is 0 Å². The van der Waals surface area contributed by atoms with Gasteiger partial charge in [0.15, 0.2) is 0 Å². The second-order valence-electron chi connectivity index (χ2n) is 22.3. The molecule has 1 saturated heterocycles. The molecule has 484 valence electrons. The number of halogens is 9. The molecule has 9 atom stereocenters. The Balaban J connectivity index is 1.29. The number of cyclic esters (lactones) is 1. The van der Waals surface area contributed by atoms with Gasteiger partial charge in [-0.1, -0.05) is 175 Å². The predicted molar refractivity (Wildman–Crippen MR) is 302 cm³/mol. The van der Waals surface area contributed by atoms with Crippen LogP contribution < -0.4 is 0 Å². The third-order valence-corrected chi connectivity index (χ3v) is 16.2. The van der Waals surface area contributed by atoms with Gasteiger partial charge < -0.3 is 37.9 Å². The van der Waals surface area contributed by atoms with Crippen molar-refractivity contribution in [2.75, 3.05) is 21.3 Å². The number of alkyl halides is 9. The number of ether oxygens (including phenoxy) is 8. The van der Waals surface area contributed by atoms with Crippen LogP contribution in [-0.4, -0.2) is 106 Å². The minimum atomic E-state index is -5.34. The summed E-state index contributed by atoms with van der Waals surface area (Å²) in [7, 11) is 2.19. The van der Waals surface area contributed by atoms with Crippen LogP contribution in [-0.2, 0) is 78.7 Å². The maximum atomic E-state index is 15.2. The lowest BCUT2D eigenvalue weighted by Gasteiger charge is -2.36. The Morgan fingerprint density at radius 1 is 0.494 bits per heavy atom. The standard InChI is InChI=1S/C65H83F9O13/c1-6-7-8-9-10-11-12-13-16-28-37-52(86-58(78)61(81-4,64(69,70)71)48-32-23-19-24-33-48)54-41-42-55(85-54)53(87-59(79)62(82-5,65(72,73)74)49-34-25-20-26-35-49)38-29-17-14-15-27-36-50(75)39-40-51(44-46-43-45(2)83-56(46)76)84-57(77)60(80-3,63(66,67)68)47-30-21-18-22-31-47/h18-26,30-35,43,45,51-55H,6-17,27-29,36-42,44H2,1-5H3/t45-,51+,52+,53+,54+,55+,60-,61-,62-/m0/s1. The van der Waals surface area contributed by atoms with Gasteiger partial charge in [-0.2, -0.15) is 39.5 Å². The van der Waals surface area contributed by atoms with E-state index in [9.17, 15) is 37.1 Å². The SMILES string of the molecule is CCCCCCCCCCCC[C@@H](OC(=O)[C@@](OC)(c1ccccc1)C(F)(F)F)[C@H]1CC[C@H]([C@@H](CCCCCCCC(=O)CC[C@H](CC2=C[C@H](C)OC2=O)OC(=O)[C@@](OC)(c2ccccc2)C(F)(F)F)OC(=O)[C@@](OC)(c2ccccc2)C(F)(F)F)O1. The zero-order chi connectivity index (χ0) is 63.9. The van der Waals surface area contributed by atoms with Gasteiger partial charge in [0.25, 0.3) is 16.8 Å². The molecule has 0 spiro atoms. The van der Waals surface area contributed by atoms with Crippen molar-refractivity contribution in [3.63, 3.8) is 0 Å². The summed E-state index contributed by atoms with van der Waals surface area (Å²) in [5.74, 6) is -6.38. The van der Waals surface area contributed by atoms with Crippen LogP contribution in [0, 0.1) is 0 Å². The number of ketones is 1. The van der Waals surface area contributed by atoms with Gasteiger partial charge >= 0.3 is 42.4 Å². The smallest absolute Gasteiger partial charge is 0.432 e. The van der Waals surface area contributed by atoms with Crippen molar-refractivity contribution in [2.24, 2.45) is 0 Å². The highest BCUT2D eigenvalue weighted by Gasteiger charge is 2.67. The van der Waals surface area contributed by atoms with Crippen molar-refractivity contribution in [3.8, 4) is 0 Å².